The van der Waals surface area contributed by atoms with Crippen molar-refractivity contribution in [1.29, 1.82) is 0 Å². The van der Waals surface area contributed by atoms with E-state index in [4.69, 9.17) is 11.6 Å². The molecule has 2 aromatic rings. The number of para-hydroxylation sites is 1. The fourth-order valence-electron chi connectivity index (χ4n) is 2.91. The second-order valence-corrected chi connectivity index (χ2v) is 6.48. The molecule has 3 rings (SSSR count). The van der Waals surface area contributed by atoms with Gasteiger partial charge in [-0.1, -0.05) is 49.4 Å². The van der Waals surface area contributed by atoms with Gasteiger partial charge >= 0.3 is 0 Å². The lowest BCUT2D eigenvalue weighted by Gasteiger charge is -2.16. The van der Waals surface area contributed by atoms with Crippen LogP contribution in [0.5, 0.6) is 0 Å². The van der Waals surface area contributed by atoms with E-state index in [9.17, 15) is 4.79 Å². The van der Waals surface area contributed by atoms with Crippen molar-refractivity contribution >= 4 is 29.0 Å². The number of halogens is 1. The lowest BCUT2D eigenvalue weighted by Crippen LogP contribution is -2.20. The number of carbonyl (C=O) groups excluding carboxylic acids is 1. The van der Waals surface area contributed by atoms with Gasteiger partial charge in [-0.15, -0.1) is 10.2 Å². The third-order valence-electron chi connectivity index (χ3n) is 4.23. The average Bonchev–Trinajstić information content (AvgIpc) is 2.86. The van der Waals surface area contributed by atoms with Crippen LogP contribution >= 0.6 is 11.6 Å². The van der Waals surface area contributed by atoms with Crippen molar-refractivity contribution in [2.75, 3.05) is 10.6 Å². The lowest BCUT2D eigenvalue weighted by molar-refractivity contribution is 0.102. The second kappa shape index (κ2) is 8.11. The average molecular weight is 345 g/mol. The van der Waals surface area contributed by atoms with Crippen molar-refractivity contribution in [3.63, 3.8) is 0 Å². The van der Waals surface area contributed by atoms with Crippen LogP contribution in [0.4, 0.5) is 11.5 Å². The molecule has 2 N–H and O–H groups in total. The zero-order valence-electron chi connectivity index (χ0n) is 13.5. The molecule has 0 unspecified atom stereocenters. The molecule has 1 aliphatic rings. The van der Waals surface area contributed by atoms with Gasteiger partial charge in [-0.25, -0.2) is 0 Å². The number of nitrogens with one attached hydrogen (secondary N) is 2. The van der Waals surface area contributed by atoms with E-state index in [1.807, 2.05) is 12.1 Å². The Hall–Kier alpha value is -2.14. The van der Waals surface area contributed by atoms with Crippen molar-refractivity contribution in [3.05, 3.63) is 47.1 Å². The number of amides is 1. The number of anilines is 2. The number of carbonyl (C=O) groups is 1. The minimum atomic E-state index is -0.323. The molecule has 0 saturated heterocycles. The summed E-state index contributed by atoms with van der Waals surface area (Å²) in [6, 6.07) is 11.0. The first-order valence-electron chi connectivity index (χ1n) is 8.38. The summed E-state index contributed by atoms with van der Waals surface area (Å²) in [4.78, 5) is 12.2. The predicted molar refractivity (Wildman–Crippen MR) is 96.5 cm³/mol. The van der Waals surface area contributed by atoms with Gasteiger partial charge < -0.3 is 10.6 Å². The maximum absolute atomic E-state index is 12.2. The zero-order chi connectivity index (χ0) is 16.8. The van der Waals surface area contributed by atoms with E-state index in [-0.39, 0.29) is 11.6 Å². The Morgan fingerprint density at radius 1 is 1.00 bits per heavy atom. The zero-order valence-corrected chi connectivity index (χ0v) is 14.2. The summed E-state index contributed by atoms with van der Waals surface area (Å²) < 4.78 is 0. The highest BCUT2D eigenvalue weighted by Crippen LogP contribution is 2.22. The molecule has 0 radical (unpaired) electrons. The number of hydrogen-bond donors (Lipinski definition) is 2. The highest BCUT2D eigenvalue weighted by Gasteiger charge is 2.14. The van der Waals surface area contributed by atoms with Crippen LogP contribution in [-0.2, 0) is 0 Å². The Kier molecular flexibility index (Phi) is 5.64. The third kappa shape index (κ3) is 4.45. The first-order valence-corrected chi connectivity index (χ1v) is 8.76. The molecule has 1 amide bonds. The first-order chi connectivity index (χ1) is 11.7. The van der Waals surface area contributed by atoms with Gasteiger partial charge in [0.05, 0.1) is 10.7 Å². The fourth-order valence-corrected chi connectivity index (χ4v) is 3.10. The van der Waals surface area contributed by atoms with E-state index in [0.29, 0.717) is 16.8 Å². The van der Waals surface area contributed by atoms with Crippen LogP contribution < -0.4 is 10.6 Å². The summed E-state index contributed by atoms with van der Waals surface area (Å²) >= 11 is 6.04. The van der Waals surface area contributed by atoms with E-state index in [1.54, 1.807) is 24.3 Å². The maximum atomic E-state index is 12.2. The van der Waals surface area contributed by atoms with E-state index < -0.39 is 0 Å². The van der Waals surface area contributed by atoms with E-state index in [0.717, 1.165) is 18.7 Å². The number of hydrogen-bond acceptors (Lipinski definition) is 4. The Labute approximate surface area is 146 Å². The van der Waals surface area contributed by atoms with Gasteiger partial charge in [-0.2, -0.15) is 0 Å². The quantitative estimate of drug-likeness (QED) is 0.800. The predicted octanol–water partition coefficient (Wildman–Crippen LogP) is 4.52. The molecule has 24 heavy (non-hydrogen) atoms. The van der Waals surface area contributed by atoms with Crippen molar-refractivity contribution < 1.29 is 4.79 Å². The Morgan fingerprint density at radius 2 is 1.75 bits per heavy atom. The molecule has 5 nitrogen and oxygen atoms in total. The molecule has 1 heterocycles. The van der Waals surface area contributed by atoms with Gasteiger partial charge in [-0.05, 0) is 37.1 Å². The molecule has 1 saturated carbocycles. The molecular formula is C18H21ClN4O. The van der Waals surface area contributed by atoms with Crippen molar-refractivity contribution in [2.24, 2.45) is 0 Å². The van der Waals surface area contributed by atoms with Crippen LogP contribution in [0.2, 0.25) is 5.02 Å². The molecule has 1 aromatic carbocycles. The normalized spacial score (nSPS) is 15.5. The summed E-state index contributed by atoms with van der Waals surface area (Å²) in [6.07, 6.45) is 7.45. The molecule has 0 spiro atoms. The Morgan fingerprint density at radius 3 is 2.42 bits per heavy atom. The van der Waals surface area contributed by atoms with Crippen molar-refractivity contribution in [3.8, 4) is 0 Å². The highest BCUT2D eigenvalue weighted by atomic mass is 35.5. The van der Waals surface area contributed by atoms with Crippen LogP contribution in [0.1, 0.15) is 49.0 Å². The maximum Gasteiger partial charge on any atom is 0.276 e. The van der Waals surface area contributed by atoms with Crippen molar-refractivity contribution in [2.45, 2.75) is 44.6 Å². The minimum absolute atomic E-state index is 0.265. The summed E-state index contributed by atoms with van der Waals surface area (Å²) in [5.41, 5.74) is 0.827. The van der Waals surface area contributed by atoms with Gasteiger partial charge in [0, 0.05) is 6.04 Å². The van der Waals surface area contributed by atoms with E-state index in [1.165, 1.54) is 25.7 Å². The molecular weight excluding hydrogens is 324 g/mol. The summed E-state index contributed by atoms with van der Waals surface area (Å²) in [7, 11) is 0. The Balaban J connectivity index is 1.61. The van der Waals surface area contributed by atoms with Crippen LogP contribution in [0, 0.1) is 0 Å². The number of rotatable bonds is 4. The van der Waals surface area contributed by atoms with Crippen molar-refractivity contribution in [1.82, 2.24) is 10.2 Å². The largest absolute Gasteiger partial charge is 0.366 e. The van der Waals surface area contributed by atoms with Gasteiger partial charge in [-0.3, -0.25) is 4.79 Å². The van der Waals surface area contributed by atoms with Crippen LogP contribution in [-0.4, -0.2) is 22.1 Å². The van der Waals surface area contributed by atoms with Gasteiger partial charge in [0.1, 0.15) is 5.82 Å². The third-order valence-corrected chi connectivity index (χ3v) is 4.56. The molecule has 1 aromatic heterocycles. The molecule has 1 fully saturated rings. The summed E-state index contributed by atoms with van der Waals surface area (Å²) in [6.45, 7) is 0. The van der Waals surface area contributed by atoms with E-state index in [2.05, 4.69) is 20.8 Å². The number of nitrogens with zero attached hydrogens (tertiary/aromatic N) is 2. The summed E-state index contributed by atoms with van der Waals surface area (Å²) in [5.74, 6) is 0.396. The van der Waals surface area contributed by atoms with Crippen LogP contribution in [0.15, 0.2) is 36.4 Å². The molecule has 126 valence electrons. The SMILES string of the molecule is O=C(Nc1ccccc1Cl)c1ccc(NC2CCCCCC2)nn1. The molecule has 0 atom stereocenters. The second-order valence-electron chi connectivity index (χ2n) is 6.07. The Bertz CT molecular complexity index is 682. The minimum Gasteiger partial charge on any atom is -0.366 e. The highest BCUT2D eigenvalue weighted by molar-refractivity contribution is 6.33. The summed E-state index contributed by atoms with van der Waals surface area (Å²) in [5, 5.41) is 14.8. The number of aromatic nitrogens is 2. The van der Waals surface area contributed by atoms with Crippen LogP contribution in [0.3, 0.4) is 0 Å². The monoisotopic (exact) mass is 344 g/mol. The standard InChI is InChI=1S/C18H21ClN4O/c19-14-9-5-6-10-15(14)21-18(24)16-11-12-17(23-22-16)20-13-7-3-1-2-4-8-13/h5-6,9-13H,1-4,7-8H2,(H,20,23)(H,21,24). The molecule has 0 aliphatic heterocycles. The lowest BCUT2D eigenvalue weighted by atomic mass is 10.1. The van der Waals surface area contributed by atoms with Crippen LogP contribution in [0.25, 0.3) is 0 Å². The van der Waals surface area contributed by atoms with Gasteiger partial charge in [0.25, 0.3) is 5.91 Å². The topological polar surface area (TPSA) is 66.9 Å². The molecule has 6 heteroatoms. The first kappa shape index (κ1) is 16.7. The number of benzene rings is 1. The fraction of sp³-hybridized carbons (Fsp3) is 0.389. The van der Waals surface area contributed by atoms with Gasteiger partial charge in [0.2, 0.25) is 0 Å². The van der Waals surface area contributed by atoms with Gasteiger partial charge in [0.15, 0.2) is 5.69 Å². The van der Waals surface area contributed by atoms with E-state index >= 15 is 0 Å². The molecule has 1 aliphatic carbocycles. The smallest absolute Gasteiger partial charge is 0.276 e. The molecule has 0 bridgehead atoms.